The number of hydrogen-bond acceptors (Lipinski definition) is 3. The predicted molar refractivity (Wildman–Crippen MR) is 60.8 cm³/mol. The van der Waals surface area contributed by atoms with E-state index in [-0.39, 0.29) is 0 Å². The van der Waals surface area contributed by atoms with Crippen LogP contribution in [0.15, 0.2) is 30.5 Å². The molecule has 14 heavy (non-hydrogen) atoms. The van der Waals surface area contributed by atoms with E-state index in [1.54, 1.807) is 0 Å². The van der Waals surface area contributed by atoms with Crippen molar-refractivity contribution >= 4 is 28.1 Å². The molecule has 0 spiro atoms. The number of aromatic nitrogens is 1. The number of thiazole rings is 1. The molecule has 1 heterocycles. The number of rotatable bonds is 2. The molecular weight excluding hydrogens is 216 g/mol. The molecule has 0 atom stereocenters. The number of nitrogens with zero attached hydrogens (tertiary/aromatic N) is 1. The van der Waals surface area contributed by atoms with Crippen LogP contribution in [0.25, 0.3) is 0 Å². The van der Waals surface area contributed by atoms with Crippen molar-refractivity contribution in [2.24, 2.45) is 0 Å². The van der Waals surface area contributed by atoms with Crippen molar-refractivity contribution in [2.75, 3.05) is 5.73 Å². The average Bonchev–Trinajstić information content (AvgIpc) is 2.56. The van der Waals surface area contributed by atoms with Crippen LogP contribution in [0.2, 0.25) is 5.02 Å². The Kier molecular flexibility index (Phi) is 2.70. The maximum atomic E-state index is 5.79. The van der Waals surface area contributed by atoms with Gasteiger partial charge in [-0.15, -0.1) is 11.3 Å². The van der Waals surface area contributed by atoms with Gasteiger partial charge in [0.25, 0.3) is 0 Å². The van der Waals surface area contributed by atoms with Gasteiger partial charge in [-0.2, -0.15) is 0 Å². The minimum absolute atomic E-state index is 0.619. The predicted octanol–water partition coefficient (Wildman–Crippen LogP) is 2.97. The highest BCUT2D eigenvalue weighted by molar-refractivity contribution is 7.15. The largest absolute Gasteiger partial charge is 0.375 e. The Balaban J connectivity index is 2.15. The topological polar surface area (TPSA) is 38.9 Å². The van der Waals surface area contributed by atoms with Crippen LogP contribution in [0, 0.1) is 0 Å². The van der Waals surface area contributed by atoms with Gasteiger partial charge in [0.05, 0.1) is 0 Å². The Morgan fingerprint density at radius 3 is 2.57 bits per heavy atom. The van der Waals surface area contributed by atoms with Crippen molar-refractivity contribution in [3.63, 3.8) is 0 Å². The second kappa shape index (κ2) is 3.98. The summed E-state index contributed by atoms with van der Waals surface area (Å²) in [5.41, 5.74) is 6.76. The van der Waals surface area contributed by atoms with Gasteiger partial charge in [0.1, 0.15) is 0 Å². The summed E-state index contributed by atoms with van der Waals surface area (Å²) in [5.74, 6) is 0. The molecule has 2 aromatic rings. The molecule has 0 saturated heterocycles. The second-order valence-electron chi connectivity index (χ2n) is 2.97. The summed E-state index contributed by atoms with van der Waals surface area (Å²) in [4.78, 5) is 5.17. The SMILES string of the molecule is Nc1ncc(Cc2ccc(Cl)cc2)s1. The summed E-state index contributed by atoms with van der Waals surface area (Å²) in [7, 11) is 0. The minimum atomic E-state index is 0.619. The van der Waals surface area contributed by atoms with Crippen LogP contribution in [0.5, 0.6) is 0 Å². The molecule has 0 amide bonds. The zero-order valence-electron chi connectivity index (χ0n) is 7.40. The van der Waals surface area contributed by atoms with Crippen molar-refractivity contribution in [2.45, 2.75) is 6.42 Å². The van der Waals surface area contributed by atoms with E-state index < -0.39 is 0 Å². The zero-order valence-corrected chi connectivity index (χ0v) is 8.98. The lowest BCUT2D eigenvalue weighted by atomic mass is 10.1. The quantitative estimate of drug-likeness (QED) is 0.852. The van der Waals surface area contributed by atoms with Gasteiger partial charge in [-0.25, -0.2) is 4.98 Å². The highest BCUT2D eigenvalue weighted by atomic mass is 35.5. The number of nitrogen functional groups attached to an aromatic ring is 1. The van der Waals surface area contributed by atoms with Gasteiger partial charge >= 0.3 is 0 Å². The molecular formula is C10H9ClN2S. The van der Waals surface area contributed by atoms with Crippen LogP contribution < -0.4 is 5.73 Å². The normalized spacial score (nSPS) is 10.4. The van der Waals surface area contributed by atoms with Crippen molar-refractivity contribution in [3.8, 4) is 0 Å². The van der Waals surface area contributed by atoms with Gasteiger partial charge < -0.3 is 5.73 Å². The molecule has 72 valence electrons. The molecule has 0 saturated carbocycles. The van der Waals surface area contributed by atoms with E-state index in [1.165, 1.54) is 21.8 Å². The molecule has 0 aliphatic rings. The average molecular weight is 225 g/mol. The fourth-order valence-electron chi connectivity index (χ4n) is 1.21. The molecule has 0 unspecified atom stereocenters. The first-order valence-corrected chi connectivity index (χ1v) is 5.38. The van der Waals surface area contributed by atoms with Gasteiger partial charge in [0.2, 0.25) is 0 Å². The Hall–Kier alpha value is -1.06. The molecule has 2 nitrogen and oxygen atoms in total. The van der Waals surface area contributed by atoms with Gasteiger partial charge in [0, 0.05) is 22.5 Å². The Bertz CT molecular complexity index is 422. The molecule has 0 radical (unpaired) electrons. The van der Waals surface area contributed by atoms with Gasteiger partial charge in [-0.3, -0.25) is 0 Å². The van der Waals surface area contributed by atoms with Gasteiger partial charge in [0.15, 0.2) is 5.13 Å². The molecule has 4 heteroatoms. The first-order valence-electron chi connectivity index (χ1n) is 4.18. The number of benzene rings is 1. The van der Waals surface area contributed by atoms with E-state index in [2.05, 4.69) is 4.98 Å². The number of anilines is 1. The molecule has 2 N–H and O–H groups in total. The van der Waals surface area contributed by atoms with Crippen LogP contribution in [0.3, 0.4) is 0 Å². The Morgan fingerprint density at radius 2 is 2.00 bits per heavy atom. The van der Waals surface area contributed by atoms with Crippen LogP contribution in [-0.4, -0.2) is 4.98 Å². The third-order valence-electron chi connectivity index (χ3n) is 1.86. The number of halogens is 1. The standard InChI is InChI=1S/C10H9ClN2S/c11-8-3-1-7(2-4-8)5-9-6-13-10(12)14-9/h1-4,6H,5H2,(H2,12,13). The minimum Gasteiger partial charge on any atom is -0.375 e. The Morgan fingerprint density at radius 1 is 1.29 bits per heavy atom. The molecule has 2 rings (SSSR count). The summed E-state index contributed by atoms with van der Waals surface area (Å²) in [6, 6.07) is 7.80. The lowest BCUT2D eigenvalue weighted by Crippen LogP contribution is -1.83. The van der Waals surface area contributed by atoms with Crippen LogP contribution >= 0.6 is 22.9 Å². The van der Waals surface area contributed by atoms with Gasteiger partial charge in [-0.05, 0) is 17.7 Å². The fraction of sp³-hybridized carbons (Fsp3) is 0.100. The summed E-state index contributed by atoms with van der Waals surface area (Å²) in [6.07, 6.45) is 2.68. The van der Waals surface area contributed by atoms with Crippen molar-refractivity contribution in [1.29, 1.82) is 0 Å². The van der Waals surface area contributed by atoms with E-state index in [1.807, 2.05) is 30.5 Å². The van der Waals surface area contributed by atoms with E-state index in [0.717, 1.165) is 11.4 Å². The molecule has 1 aromatic carbocycles. The highest BCUT2D eigenvalue weighted by Gasteiger charge is 2.00. The van der Waals surface area contributed by atoms with Gasteiger partial charge in [-0.1, -0.05) is 23.7 Å². The van der Waals surface area contributed by atoms with E-state index in [0.29, 0.717) is 5.13 Å². The van der Waals surface area contributed by atoms with E-state index >= 15 is 0 Å². The maximum absolute atomic E-state index is 5.79. The zero-order chi connectivity index (χ0) is 9.97. The van der Waals surface area contributed by atoms with E-state index in [9.17, 15) is 0 Å². The lowest BCUT2D eigenvalue weighted by Gasteiger charge is -1.97. The number of hydrogen-bond donors (Lipinski definition) is 1. The smallest absolute Gasteiger partial charge is 0.180 e. The number of nitrogens with two attached hydrogens (primary N) is 1. The van der Waals surface area contributed by atoms with E-state index in [4.69, 9.17) is 17.3 Å². The van der Waals surface area contributed by atoms with Crippen molar-refractivity contribution < 1.29 is 0 Å². The molecule has 0 fully saturated rings. The molecule has 0 aliphatic carbocycles. The Labute approximate surface area is 91.4 Å². The first kappa shape index (κ1) is 9.49. The monoisotopic (exact) mass is 224 g/mol. The summed E-state index contributed by atoms with van der Waals surface area (Å²) >= 11 is 7.31. The van der Waals surface area contributed by atoms with Crippen LogP contribution in [0.4, 0.5) is 5.13 Å². The van der Waals surface area contributed by atoms with Crippen molar-refractivity contribution in [3.05, 3.63) is 45.9 Å². The molecule has 0 aliphatic heterocycles. The fourth-order valence-corrected chi connectivity index (χ4v) is 2.05. The third-order valence-corrected chi connectivity index (χ3v) is 2.94. The van der Waals surface area contributed by atoms with Crippen LogP contribution in [-0.2, 0) is 6.42 Å². The summed E-state index contributed by atoms with van der Waals surface area (Å²) in [5, 5.41) is 1.38. The first-order chi connectivity index (χ1) is 6.74. The second-order valence-corrected chi connectivity index (χ2v) is 4.55. The molecule has 1 aromatic heterocycles. The van der Waals surface area contributed by atoms with Crippen LogP contribution in [0.1, 0.15) is 10.4 Å². The third kappa shape index (κ3) is 2.25. The maximum Gasteiger partial charge on any atom is 0.180 e. The summed E-state index contributed by atoms with van der Waals surface area (Å²) < 4.78 is 0. The summed E-state index contributed by atoms with van der Waals surface area (Å²) in [6.45, 7) is 0. The molecule has 0 bridgehead atoms. The highest BCUT2D eigenvalue weighted by Crippen LogP contribution is 2.19. The lowest BCUT2D eigenvalue weighted by molar-refractivity contribution is 1.22. The van der Waals surface area contributed by atoms with Crippen molar-refractivity contribution in [1.82, 2.24) is 4.98 Å².